The van der Waals surface area contributed by atoms with Crippen molar-refractivity contribution >= 4 is 29.9 Å². The van der Waals surface area contributed by atoms with Gasteiger partial charge in [-0.2, -0.15) is 0 Å². The second kappa shape index (κ2) is 6.09. The Bertz CT molecular complexity index is 838. The maximum absolute atomic E-state index is 13.2. The largest absolute Gasteiger partial charge is 0.626 e. The standard InChI is InChI=1S/C19H27BN3O5/c1-18(2)19(3,4)28-20(27-18)13-6-8-15-16(10-13)23(5,26)12-21(15)14-7-9-17(24)22(25)11-14/h6,8,10,14H,7,9,11-12H2,1-5H3/q+1. The van der Waals surface area contributed by atoms with E-state index in [1.807, 2.05) is 50.8 Å². The highest BCUT2D eigenvalue weighted by molar-refractivity contribution is 6.62. The van der Waals surface area contributed by atoms with Gasteiger partial charge >= 0.3 is 13.0 Å². The molecule has 0 saturated carbocycles. The lowest BCUT2D eigenvalue weighted by molar-refractivity contribution is -0.478. The van der Waals surface area contributed by atoms with Crippen molar-refractivity contribution in [1.82, 2.24) is 4.65 Å². The average Bonchev–Trinajstić information content (AvgIpc) is 2.99. The van der Waals surface area contributed by atoms with Crippen LogP contribution in [0.5, 0.6) is 0 Å². The van der Waals surface area contributed by atoms with Gasteiger partial charge in [0.25, 0.3) is 0 Å². The summed E-state index contributed by atoms with van der Waals surface area (Å²) >= 11 is 0. The molecule has 3 heterocycles. The van der Waals surface area contributed by atoms with E-state index >= 15 is 0 Å². The third-order valence-corrected chi connectivity index (χ3v) is 6.55. The molecule has 0 aliphatic carbocycles. The first-order valence-corrected chi connectivity index (χ1v) is 9.72. The number of anilines is 1. The Morgan fingerprint density at radius 3 is 2.50 bits per heavy atom. The number of hydrogen-bond acceptors (Lipinski definition) is 6. The van der Waals surface area contributed by atoms with Crippen molar-refractivity contribution in [2.45, 2.75) is 57.8 Å². The number of carbonyl (C=O) groups is 1. The second-order valence-electron chi connectivity index (χ2n) is 9.20. The lowest BCUT2D eigenvalue weighted by Gasteiger charge is -2.35. The van der Waals surface area contributed by atoms with Gasteiger partial charge in [-0.3, -0.25) is 0 Å². The normalized spacial score (nSPS) is 31.4. The molecule has 0 aromatic heterocycles. The number of hydrogen-bond donors (Lipinski definition) is 0. The highest BCUT2D eigenvalue weighted by Gasteiger charge is 2.52. The zero-order valence-electron chi connectivity index (χ0n) is 17.1. The van der Waals surface area contributed by atoms with Crippen LogP contribution in [0.25, 0.3) is 0 Å². The molecule has 0 spiro atoms. The summed E-state index contributed by atoms with van der Waals surface area (Å²) < 4.78 is 12.2. The van der Waals surface area contributed by atoms with Crippen LogP contribution in [0.15, 0.2) is 18.2 Å². The Balaban J connectivity index is 1.64. The van der Waals surface area contributed by atoms with Gasteiger partial charge in [0.2, 0.25) is 6.54 Å². The lowest BCUT2D eigenvalue weighted by atomic mass is 9.78. The third-order valence-electron chi connectivity index (χ3n) is 6.55. The summed E-state index contributed by atoms with van der Waals surface area (Å²) in [5.41, 5.74) is 1.34. The van der Waals surface area contributed by atoms with E-state index in [0.29, 0.717) is 16.9 Å². The van der Waals surface area contributed by atoms with Crippen LogP contribution in [0.4, 0.5) is 11.4 Å². The van der Waals surface area contributed by atoms with Gasteiger partial charge in [-0.25, -0.2) is 4.79 Å². The van der Waals surface area contributed by atoms with E-state index in [4.69, 9.17) is 9.31 Å². The van der Waals surface area contributed by atoms with E-state index in [1.165, 1.54) is 0 Å². The summed E-state index contributed by atoms with van der Waals surface area (Å²) in [4.78, 5) is 25.3. The zero-order valence-corrected chi connectivity index (χ0v) is 17.1. The molecular weight excluding hydrogens is 361 g/mol. The molecule has 2 saturated heterocycles. The summed E-state index contributed by atoms with van der Waals surface area (Å²) in [6.07, 6.45) is 0.796. The smallest absolute Gasteiger partial charge is 0.495 e. The van der Waals surface area contributed by atoms with Crippen LogP contribution in [-0.2, 0) is 14.1 Å². The lowest BCUT2D eigenvalue weighted by Crippen LogP contribution is -2.50. The molecule has 4 rings (SSSR count). The van der Waals surface area contributed by atoms with E-state index in [-0.39, 0.29) is 31.6 Å². The summed E-state index contributed by atoms with van der Waals surface area (Å²) in [7, 11) is 1.07. The monoisotopic (exact) mass is 388 g/mol. The number of hydroxylamine groups is 2. The van der Waals surface area contributed by atoms with E-state index in [2.05, 4.69) is 0 Å². The molecule has 1 aromatic carbocycles. The molecular formula is C19H27BN3O5+. The molecule has 0 bridgehead atoms. The number of nitroso groups, excluding NO2 is 1. The molecule has 2 unspecified atom stereocenters. The van der Waals surface area contributed by atoms with Gasteiger partial charge in [0.15, 0.2) is 12.4 Å². The number of rotatable bonds is 2. The highest BCUT2D eigenvalue weighted by Crippen LogP contribution is 2.42. The molecule has 1 aromatic rings. The first-order valence-electron chi connectivity index (χ1n) is 9.72. The van der Waals surface area contributed by atoms with E-state index in [9.17, 15) is 14.9 Å². The average molecular weight is 388 g/mol. The Morgan fingerprint density at radius 2 is 1.89 bits per heavy atom. The predicted octanol–water partition coefficient (Wildman–Crippen LogP) is 1.67. The van der Waals surface area contributed by atoms with Crippen molar-refractivity contribution in [3.05, 3.63) is 28.3 Å². The minimum Gasteiger partial charge on any atom is -0.626 e. The van der Waals surface area contributed by atoms with Gasteiger partial charge in [-0.15, -0.1) is 0 Å². The van der Waals surface area contributed by atoms with Crippen LogP contribution < -0.4 is 15.0 Å². The van der Waals surface area contributed by atoms with Gasteiger partial charge in [0.05, 0.1) is 35.5 Å². The number of amides is 1. The van der Waals surface area contributed by atoms with Crippen LogP contribution in [0.3, 0.4) is 0 Å². The van der Waals surface area contributed by atoms with Crippen LogP contribution in [0, 0.1) is 10.1 Å². The fraction of sp³-hybridized carbons (Fsp3) is 0.632. The molecule has 2 atom stereocenters. The number of nitrogens with zero attached hydrogens (tertiary/aromatic N) is 3. The Kier molecular flexibility index (Phi) is 4.25. The highest BCUT2D eigenvalue weighted by atomic mass is 16.7. The second-order valence-corrected chi connectivity index (χ2v) is 9.20. The van der Waals surface area contributed by atoms with Gasteiger partial charge in [0.1, 0.15) is 5.69 Å². The maximum Gasteiger partial charge on any atom is 0.495 e. The summed E-state index contributed by atoms with van der Waals surface area (Å²) in [5, 5.41) is 13.2. The Labute approximate surface area is 165 Å². The SMILES string of the molecule is CC1(C)OB(c2ccc3c(c2)[N+](C)([O-])CN3C2CCC(=O)[N+](=O)C2)OC1(C)C. The van der Waals surface area contributed by atoms with Crippen molar-refractivity contribution < 1.29 is 18.9 Å². The van der Waals surface area contributed by atoms with Crippen molar-refractivity contribution in [2.75, 3.05) is 25.2 Å². The topological polar surface area (TPSA) is 81.9 Å². The maximum atomic E-state index is 13.2. The number of benzene rings is 1. The van der Waals surface area contributed by atoms with E-state index in [1.54, 1.807) is 7.05 Å². The zero-order chi connectivity index (χ0) is 20.5. The molecule has 9 heteroatoms. The molecule has 0 radical (unpaired) electrons. The van der Waals surface area contributed by atoms with Crippen molar-refractivity contribution in [3.63, 3.8) is 0 Å². The van der Waals surface area contributed by atoms with Crippen LogP contribution >= 0.6 is 0 Å². The van der Waals surface area contributed by atoms with Crippen LogP contribution in [0.2, 0.25) is 0 Å². The van der Waals surface area contributed by atoms with Crippen LogP contribution in [0.1, 0.15) is 40.5 Å². The molecule has 1 amide bonds. The fourth-order valence-corrected chi connectivity index (χ4v) is 4.10. The number of fused-ring (bicyclic) bond motifs is 1. The first-order chi connectivity index (χ1) is 12.9. The first kappa shape index (κ1) is 19.5. The summed E-state index contributed by atoms with van der Waals surface area (Å²) in [5.74, 6) is -0.383. The van der Waals surface area contributed by atoms with Crippen molar-refractivity contribution in [1.29, 1.82) is 0 Å². The van der Waals surface area contributed by atoms with Gasteiger partial charge in [-0.1, -0.05) is 6.07 Å². The van der Waals surface area contributed by atoms with Gasteiger partial charge in [-0.05, 0) is 45.6 Å². The molecule has 2 fully saturated rings. The number of piperidine rings is 1. The minimum atomic E-state index is -0.564. The fourth-order valence-electron chi connectivity index (χ4n) is 4.10. The Hall–Kier alpha value is -1.81. The van der Waals surface area contributed by atoms with Crippen molar-refractivity contribution in [3.8, 4) is 0 Å². The number of carbonyl (C=O) groups excluding carboxylic acids is 1. The third kappa shape index (κ3) is 2.97. The Morgan fingerprint density at radius 1 is 1.25 bits per heavy atom. The van der Waals surface area contributed by atoms with E-state index < -0.39 is 23.0 Å². The van der Waals surface area contributed by atoms with E-state index in [0.717, 1.165) is 11.2 Å². The summed E-state index contributed by atoms with van der Waals surface area (Å²) in [6.45, 7) is 8.29. The van der Waals surface area contributed by atoms with Gasteiger partial charge in [0, 0.05) is 11.0 Å². The van der Waals surface area contributed by atoms with Gasteiger partial charge < -0.3 is 24.1 Å². The molecule has 28 heavy (non-hydrogen) atoms. The van der Waals surface area contributed by atoms with Crippen LogP contribution in [-0.4, -0.2) is 55.3 Å². The molecule has 3 aliphatic heterocycles. The number of quaternary nitrogens is 1. The molecule has 3 aliphatic rings. The molecule has 0 N–H and O–H groups in total. The van der Waals surface area contributed by atoms with Crippen molar-refractivity contribution in [2.24, 2.45) is 0 Å². The molecule has 8 nitrogen and oxygen atoms in total. The summed E-state index contributed by atoms with van der Waals surface area (Å²) in [6, 6.07) is 5.53. The predicted molar refractivity (Wildman–Crippen MR) is 107 cm³/mol. The molecule has 150 valence electrons. The quantitative estimate of drug-likeness (QED) is 0.332. The minimum absolute atomic E-state index is 0.0945.